The molecule has 0 bridgehead atoms. The summed E-state index contributed by atoms with van der Waals surface area (Å²) < 4.78 is 7.72. The van der Waals surface area contributed by atoms with E-state index in [0.717, 1.165) is 53.7 Å². The van der Waals surface area contributed by atoms with Gasteiger partial charge in [0.1, 0.15) is 5.58 Å². The quantitative estimate of drug-likeness (QED) is 0.445. The molecule has 4 aromatic rings. The van der Waals surface area contributed by atoms with Gasteiger partial charge in [-0.25, -0.2) is 9.78 Å². The highest BCUT2D eigenvalue weighted by Gasteiger charge is 2.38. The van der Waals surface area contributed by atoms with Crippen molar-refractivity contribution in [2.45, 2.75) is 39.7 Å². The Kier molecular flexibility index (Phi) is 4.76. The van der Waals surface area contributed by atoms with E-state index in [9.17, 15) is 4.79 Å². The van der Waals surface area contributed by atoms with E-state index in [1.54, 1.807) is 0 Å². The SMILES string of the molecule is CCN1CCCC2CN(c3ccc4cc(-c5cn6cc(C)nc(C)c6n5)c(=O)oc4c3)CC21. The van der Waals surface area contributed by atoms with E-state index in [2.05, 4.69) is 38.8 Å². The van der Waals surface area contributed by atoms with E-state index >= 15 is 0 Å². The molecular weight excluding hydrogens is 414 g/mol. The second-order valence-electron chi connectivity index (χ2n) is 9.50. The lowest BCUT2D eigenvalue weighted by Gasteiger charge is -2.35. The van der Waals surface area contributed by atoms with E-state index in [1.165, 1.54) is 19.4 Å². The van der Waals surface area contributed by atoms with Crippen molar-refractivity contribution < 1.29 is 4.42 Å². The number of imidazole rings is 1. The molecule has 2 unspecified atom stereocenters. The van der Waals surface area contributed by atoms with E-state index in [1.807, 2.05) is 42.8 Å². The fraction of sp³-hybridized carbons (Fsp3) is 0.423. The Hall–Kier alpha value is -3.19. The molecule has 7 nitrogen and oxygen atoms in total. The molecule has 2 fully saturated rings. The maximum absolute atomic E-state index is 12.9. The topological polar surface area (TPSA) is 66.9 Å². The van der Waals surface area contributed by atoms with Gasteiger partial charge >= 0.3 is 5.63 Å². The van der Waals surface area contributed by atoms with E-state index in [4.69, 9.17) is 4.42 Å². The molecular formula is C26H29N5O2. The van der Waals surface area contributed by atoms with E-state index in [0.29, 0.717) is 22.9 Å². The number of likely N-dealkylation sites (tertiary alicyclic amines) is 1. The summed E-state index contributed by atoms with van der Waals surface area (Å²) in [5.74, 6) is 0.723. The molecule has 2 atom stereocenters. The molecule has 1 aromatic carbocycles. The predicted octanol–water partition coefficient (Wildman–Crippen LogP) is 4.04. The monoisotopic (exact) mass is 443 g/mol. The molecule has 6 rings (SSSR count). The van der Waals surface area contributed by atoms with Crippen LogP contribution in [0.2, 0.25) is 0 Å². The van der Waals surface area contributed by atoms with Gasteiger partial charge in [0.2, 0.25) is 0 Å². The van der Waals surface area contributed by atoms with Crippen LogP contribution in [0.1, 0.15) is 31.2 Å². The van der Waals surface area contributed by atoms with Crippen molar-refractivity contribution in [2.24, 2.45) is 5.92 Å². The zero-order valence-corrected chi connectivity index (χ0v) is 19.4. The highest BCUT2D eigenvalue weighted by atomic mass is 16.4. The van der Waals surface area contributed by atoms with Crippen LogP contribution in [0.3, 0.4) is 0 Å². The van der Waals surface area contributed by atoms with E-state index in [-0.39, 0.29) is 5.63 Å². The number of likely N-dealkylation sites (N-methyl/N-ethyl adjacent to an activating group) is 1. The minimum Gasteiger partial charge on any atom is -0.422 e. The van der Waals surface area contributed by atoms with Crippen LogP contribution in [0.15, 0.2) is 45.9 Å². The van der Waals surface area contributed by atoms with Gasteiger partial charge in [-0.2, -0.15) is 0 Å². The maximum atomic E-state index is 12.9. The molecule has 33 heavy (non-hydrogen) atoms. The standard InChI is InChI=1S/C26H29N5O2/c1-4-29-9-5-6-19-13-30(15-23(19)29)20-8-7-18-10-21(26(32)33-24(18)11-20)22-14-31-12-16(2)27-17(3)25(31)28-22/h7-8,10-12,14,19,23H,4-6,9,13,15H2,1-3H3. The molecule has 0 aliphatic carbocycles. The van der Waals surface area contributed by atoms with Crippen LogP contribution in [-0.2, 0) is 0 Å². The summed E-state index contributed by atoms with van der Waals surface area (Å²) in [6, 6.07) is 8.76. The number of piperidine rings is 1. The number of fused-ring (bicyclic) bond motifs is 3. The molecule has 2 aliphatic heterocycles. The van der Waals surface area contributed by atoms with Crippen LogP contribution in [0.5, 0.6) is 0 Å². The molecule has 2 saturated heterocycles. The highest BCUT2D eigenvalue weighted by molar-refractivity contribution is 5.84. The van der Waals surface area contributed by atoms with E-state index < -0.39 is 0 Å². The summed E-state index contributed by atoms with van der Waals surface area (Å²) in [7, 11) is 0. The predicted molar refractivity (Wildman–Crippen MR) is 130 cm³/mol. The van der Waals surface area contributed by atoms with Gasteiger partial charge in [-0.15, -0.1) is 0 Å². The van der Waals surface area contributed by atoms with Gasteiger partial charge in [-0.05, 0) is 63.9 Å². The Morgan fingerprint density at radius 3 is 2.85 bits per heavy atom. The van der Waals surface area contributed by atoms with Crippen molar-refractivity contribution >= 4 is 22.3 Å². The molecule has 7 heteroatoms. The van der Waals surface area contributed by atoms with Gasteiger partial charge < -0.3 is 13.7 Å². The van der Waals surface area contributed by atoms with Crippen LogP contribution in [-0.4, -0.2) is 51.5 Å². The summed E-state index contributed by atoms with van der Waals surface area (Å²) in [6.45, 7) is 10.6. The largest absolute Gasteiger partial charge is 0.422 e. The lowest BCUT2D eigenvalue weighted by molar-refractivity contribution is 0.132. The average molecular weight is 444 g/mol. The molecule has 3 aromatic heterocycles. The smallest absolute Gasteiger partial charge is 0.345 e. The van der Waals surface area contributed by atoms with Gasteiger partial charge in [0.15, 0.2) is 5.65 Å². The lowest BCUT2D eigenvalue weighted by Crippen LogP contribution is -2.44. The summed E-state index contributed by atoms with van der Waals surface area (Å²) in [5.41, 5.74) is 4.97. The van der Waals surface area contributed by atoms with Crippen molar-refractivity contribution in [3.05, 3.63) is 58.5 Å². The number of nitrogens with zero attached hydrogens (tertiary/aromatic N) is 5. The number of aryl methyl sites for hydroxylation is 2. The van der Waals surface area contributed by atoms with Crippen LogP contribution in [0.25, 0.3) is 27.9 Å². The Labute approximate surface area is 192 Å². The Balaban J connectivity index is 1.35. The highest BCUT2D eigenvalue weighted by Crippen LogP contribution is 2.34. The summed E-state index contributed by atoms with van der Waals surface area (Å²) >= 11 is 0. The summed E-state index contributed by atoms with van der Waals surface area (Å²) in [5, 5.41) is 0.906. The number of rotatable bonds is 3. The molecule has 0 saturated carbocycles. The van der Waals surface area contributed by atoms with Crippen molar-refractivity contribution in [3.63, 3.8) is 0 Å². The molecule has 5 heterocycles. The number of benzene rings is 1. The molecule has 0 N–H and O–H groups in total. The zero-order valence-electron chi connectivity index (χ0n) is 19.4. The summed E-state index contributed by atoms with van der Waals surface area (Å²) in [4.78, 5) is 27.1. The minimum atomic E-state index is -0.363. The van der Waals surface area contributed by atoms with Crippen LogP contribution in [0, 0.1) is 19.8 Å². The Bertz CT molecular complexity index is 1420. The second kappa shape index (κ2) is 7.70. The molecule has 2 aliphatic rings. The first kappa shape index (κ1) is 20.4. The van der Waals surface area contributed by atoms with Crippen molar-refractivity contribution in [3.8, 4) is 11.3 Å². The first-order chi connectivity index (χ1) is 16.0. The van der Waals surface area contributed by atoms with Gasteiger partial charge in [0, 0.05) is 48.7 Å². The van der Waals surface area contributed by atoms with Crippen LogP contribution in [0.4, 0.5) is 5.69 Å². The number of hydrogen-bond donors (Lipinski definition) is 0. The normalized spacial score (nSPS) is 21.2. The van der Waals surface area contributed by atoms with Gasteiger partial charge in [0.05, 0.1) is 22.6 Å². The lowest BCUT2D eigenvalue weighted by atomic mass is 9.92. The fourth-order valence-electron chi connectivity index (χ4n) is 5.79. The third-order valence-corrected chi connectivity index (χ3v) is 7.39. The fourth-order valence-corrected chi connectivity index (χ4v) is 5.79. The molecule has 0 radical (unpaired) electrons. The molecule has 0 spiro atoms. The van der Waals surface area contributed by atoms with Crippen molar-refractivity contribution in [1.29, 1.82) is 0 Å². The number of anilines is 1. The zero-order chi connectivity index (χ0) is 22.7. The summed E-state index contributed by atoms with van der Waals surface area (Å²) in [6.07, 6.45) is 6.38. The third-order valence-electron chi connectivity index (χ3n) is 7.39. The number of hydrogen-bond acceptors (Lipinski definition) is 6. The first-order valence-electron chi connectivity index (χ1n) is 11.9. The first-order valence-corrected chi connectivity index (χ1v) is 11.9. The Morgan fingerprint density at radius 1 is 1.12 bits per heavy atom. The minimum absolute atomic E-state index is 0.363. The van der Waals surface area contributed by atoms with Crippen LogP contribution >= 0.6 is 0 Å². The van der Waals surface area contributed by atoms with Gasteiger partial charge in [0.25, 0.3) is 0 Å². The molecule has 170 valence electrons. The Morgan fingerprint density at radius 2 is 2.00 bits per heavy atom. The molecule has 0 amide bonds. The third kappa shape index (κ3) is 3.42. The van der Waals surface area contributed by atoms with Crippen LogP contribution < -0.4 is 10.5 Å². The second-order valence-corrected chi connectivity index (χ2v) is 9.50. The van der Waals surface area contributed by atoms with Crippen molar-refractivity contribution in [2.75, 3.05) is 31.1 Å². The van der Waals surface area contributed by atoms with Gasteiger partial charge in [-0.3, -0.25) is 9.88 Å². The average Bonchev–Trinajstić information content (AvgIpc) is 3.42. The number of aromatic nitrogens is 3. The maximum Gasteiger partial charge on any atom is 0.345 e. The van der Waals surface area contributed by atoms with Crippen molar-refractivity contribution in [1.82, 2.24) is 19.3 Å². The van der Waals surface area contributed by atoms with Gasteiger partial charge in [-0.1, -0.05) is 6.92 Å².